The zero-order chi connectivity index (χ0) is 21.9. The van der Waals surface area contributed by atoms with Gasteiger partial charge in [0.15, 0.2) is 5.16 Å². The molecule has 2 aliphatic heterocycles. The summed E-state index contributed by atoms with van der Waals surface area (Å²) in [5.74, 6) is 2.20. The lowest BCUT2D eigenvalue weighted by atomic mass is 9.78. The zero-order valence-corrected chi connectivity index (χ0v) is 19.7. The van der Waals surface area contributed by atoms with Gasteiger partial charge in [0.1, 0.15) is 0 Å². The summed E-state index contributed by atoms with van der Waals surface area (Å²) in [6.07, 6.45) is 7.45. The molecule has 0 unspecified atom stereocenters. The fourth-order valence-corrected chi connectivity index (χ4v) is 6.22. The lowest BCUT2D eigenvalue weighted by Crippen LogP contribution is -2.50. The first-order valence-corrected chi connectivity index (χ1v) is 13.0. The molecule has 3 fully saturated rings. The van der Waals surface area contributed by atoms with Crippen molar-refractivity contribution in [1.29, 1.82) is 0 Å². The summed E-state index contributed by atoms with van der Waals surface area (Å²) in [4.78, 5) is 17.6. The molecule has 5 rings (SSSR count). The maximum atomic E-state index is 13.2. The Morgan fingerprint density at radius 2 is 1.78 bits per heavy atom. The molecular weight excluding hydrogens is 422 g/mol. The Balaban J connectivity index is 1.35. The number of piperidine rings is 1. The van der Waals surface area contributed by atoms with Crippen molar-refractivity contribution in [1.82, 2.24) is 19.7 Å². The Morgan fingerprint density at radius 3 is 2.59 bits per heavy atom. The van der Waals surface area contributed by atoms with E-state index in [1.54, 1.807) is 0 Å². The Labute approximate surface area is 194 Å². The number of likely N-dealkylation sites (tertiary alicyclic amines) is 1. The van der Waals surface area contributed by atoms with E-state index in [4.69, 9.17) is 4.74 Å². The van der Waals surface area contributed by atoms with Crippen LogP contribution in [0.1, 0.15) is 44.1 Å². The fraction of sp³-hybridized carbons (Fsp3) is 0.625. The number of ether oxygens (including phenoxy) is 1. The van der Waals surface area contributed by atoms with Crippen LogP contribution in [0.15, 0.2) is 29.4 Å². The second-order valence-electron chi connectivity index (χ2n) is 9.18. The number of carbonyl (C=O) groups is 1. The molecule has 1 aromatic carbocycles. The predicted molar refractivity (Wildman–Crippen MR) is 127 cm³/mol. The van der Waals surface area contributed by atoms with Gasteiger partial charge in [-0.2, -0.15) is 0 Å². The van der Waals surface area contributed by atoms with Crippen LogP contribution in [0.4, 0.5) is 5.95 Å². The molecule has 0 bridgehead atoms. The lowest BCUT2D eigenvalue weighted by molar-refractivity contribution is -0.134. The smallest absolute Gasteiger partial charge is 0.233 e. The number of anilines is 1. The Hall–Kier alpha value is -2.06. The van der Waals surface area contributed by atoms with Crippen LogP contribution in [0.3, 0.4) is 0 Å². The van der Waals surface area contributed by atoms with Gasteiger partial charge >= 0.3 is 0 Å². The highest BCUT2D eigenvalue weighted by atomic mass is 32.2. The van der Waals surface area contributed by atoms with Crippen molar-refractivity contribution in [3.63, 3.8) is 0 Å². The Morgan fingerprint density at radius 1 is 1.03 bits per heavy atom. The van der Waals surface area contributed by atoms with Crippen molar-refractivity contribution in [2.45, 2.75) is 56.6 Å². The van der Waals surface area contributed by atoms with Crippen molar-refractivity contribution >= 4 is 23.6 Å². The molecule has 8 heteroatoms. The number of hydrogen-bond acceptors (Lipinski definition) is 6. The first-order valence-electron chi connectivity index (χ1n) is 12.0. The number of benzene rings is 1. The molecule has 1 amide bonds. The molecule has 2 atom stereocenters. The molecule has 32 heavy (non-hydrogen) atoms. The van der Waals surface area contributed by atoms with Gasteiger partial charge in [0, 0.05) is 25.7 Å². The van der Waals surface area contributed by atoms with Crippen LogP contribution in [0.2, 0.25) is 0 Å². The van der Waals surface area contributed by atoms with Gasteiger partial charge in [-0.15, -0.1) is 10.2 Å². The third-order valence-corrected chi connectivity index (χ3v) is 8.00. The quantitative estimate of drug-likeness (QED) is 0.641. The third-order valence-electron chi connectivity index (χ3n) is 7.09. The van der Waals surface area contributed by atoms with Crippen LogP contribution in [-0.4, -0.2) is 70.2 Å². The average Bonchev–Trinajstić information content (AvgIpc) is 3.27. The van der Waals surface area contributed by atoms with Gasteiger partial charge in [-0.05, 0) is 50.7 Å². The van der Waals surface area contributed by atoms with Crippen LogP contribution < -0.4 is 4.90 Å². The van der Waals surface area contributed by atoms with Crippen LogP contribution in [-0.2, 0) is 9.53 Å². The van der Waals surface area contributed by atoms with Crippen molar-refractivity contribution in [2.75, 3.05) is 43.5 Å². The second-order valence-corrected chi connectivity index (χ2v) is 10.1. The molecule has 1 aromatic heterocycles. The molecule has 1 saturated carbocycles. The highest BCUT2D eigenvalue weighted by Crippen LogP contribution is 2.36. The SMILES string of the molecule is Cc1ccc(-n2c(SCC(=O)N3CCC[C@H]4CCCC[C@H]43)nnc2N2CCOCC2)cc1. The van der Waals surface area contributed by atoms with E-state index in [1.165, 1.54) is 49.4 Å². The summed E-state index contributed by atoms with van der Waals surface area (Å²) in [6.45, 7) is 5.97. The van der Waals surface area contributed by atoms with Crippen molar-refractivity contribution in [2.24, 2.45) is 5.92 Å². The average molecular weight is 456 g/mol. The van der Waals surface area contributed by atoms with Gasteiger partial charge in [0.25, 0.3) is 0 Å². The minimum Gasteiger partial charge on any atom is -0.378 e. The Bertz CT molecular complexity index is 923. The number of hydrogen-bond donors (Lipinski definition) is 0. The first kappa shape index (κ1) is 21.8. The molecule has 7 nitrogen and oxygen atoms in total. The predicted octanol–water partition coefficient (Wildman–Crippen LogP) is 3.69. The van der Waals surface area contributed by atoms with Crippen molar-refractivity contribution in [3.8, 4) is 5.69 Å². The monoisotopic (exact) mass is 455 g/mol. The minimum atomic E-state index is 0.248. The number of morpholine rings is 1. The van der Waals surface area contributed by atoms with Crippen molar-refractivity contribution in [3.05, 3.63) is 29.8 Å². The number of thioether (sulfide) groups is 1. The molecule has 172 valence electrons. The normalized spacial score (nSPS) is 23.8. The molecule has 1 aliphatic carbocycles. The van der Waals surface area contributed by atoms with Crippen molar-refractivity contribution < 1.29 is 9.53 Å². The molecule has 3 aliphatic rings. The highest BCUT2D eigenvalue weighted by molar-refractivity contribution is 7.99. The summed E-state index contributed by atoms with van der Waals surface area (Å²) in [5, 5.41) is 9.82. The fourth-order valence-electron chi connectivity index (χ4n) is 5.39. The maximum absolute atomic E-state index is 13.2. The molecule has 0 spiro atoms. The Kier molecular flexibility index (Phi) is 6.69. The van der Waals surface area contributed by atoms with Gasteiger partial charge in [-0.25, -0.2) is 0 Å². The largest absolute Gasteiger partial charge is 0.378 e. The topological polar surface area (TPSA) is 63.5 Å². The number of amides is 1. The van der Waals surface area contributed by atoms with Crippen LogP contribution >= 0.6 is 11.8 Å². The van der Waals surface area contributed by atoms with E-state index in [9.17, 15) is 4.79 Å². The second kappa shape index (κ2) is 9.83. The first-order chi connectivity index (χ1) is 15.7. The molecular formula is C24H33N5O2S. The standard InChI is InChI=1S/C24H33N5O2S/c1-18-8-10-20(11-9-18)29-23(27-13-15-31-16-14-27)25-26-24(29)32-17-22(30)28-12-4-6-19-5-2-3-7-21(19)28/h8-11,19,21H,2-7,12-17H2,1H3/t19-,21-/m1/s1. The van der Waals surface area contributed by atoms with E-state index in [2.05, 4.69) is 55.8 Å². The zero-order valence-electron chi connectivity index (χ0n) is 18.9. The number of nitrogens with zero attached hydrogens (tertiary/aromatic N) is 5. The summed E-state index contributed by atoms with van der Waals surface area (Å²) in [5.41, 5.74) is 2.24. The number of rotatable bonds is 5. The van der Waals surface area contributed by atoms with Gasteiger partial charge < -0.3 is 14.5 Å². The molecule has 0 radical (unpaired) electrons. The van der Waals surface area contributed by atoms with Gasteiger partial charge in [0.05, 0.1) is 24.7 Å². The molecule has 2 saturated heterocycles. The molecule has 0 N–H and O–H groups in total. The molecule has 3 heterocycles. The minimum absolute atomic E-state index is 0.248. The summed E-state index contributed by atoms with van der Waals surface area (Å²) >= 11 is 1.51. The van der Waals surface area contributed by atoms with E-state index in [0.717, 1.165) is 42.8 Å². The van der Waals surface area contributed by atoms with Gasteiger partial charge in [-0.1, -0.05) is 42.3 Å². The van der Waals surface area contributed by atoms with E-state index in [1.807, 2.05) is 0 Å². The van der Waals surface area contributed by atoms with E-state index in [0.29, 0.717) is 30.9 Å². The number of fused-ring (bicyclic) bond motifs is 1. The van der Waals surface area contributed by atoms with E-state index >= 15 is 0 Å². The summed E-state index contributed by atoms with van der Waals surface area (Å²) in [7, 11) is 0. The molecule has 2 aromatic rings. The van der Waals surface area contributed by atoms with Crippen LogP contribution in [0.5, 0.6) is 0 Å². The third kappa shape index (κ3) is 4.53. The summed E-state index contributed by atoms with van der Waals surface area (Å²) in [6, 6.07) is 8.87. The number of carbonyl (C=O) groups excluding carboxylic acids is 1. The lowest BCUT2D eigenvalue weighted by Gasteiger charge is -2.44. The van der Waals surface area contributed by atoms with Gasteiger partial charge in [0.2, 0.25) is 11.9 Å². The van der Waals surface area contributed by atoms with E-state index < -0.39 is 0 Å². The number of aryl methyl sites for hydroxylation is 1. The maximum Gasteiger partial charge on any atom is 0.233 e. The van der Waals surface area contributed by atoms with Crippen LogP contribution in [0, 0.1) is 12.8 Å². The number of aromatic nitrogens is 3. The van der Waals surface area contributed by atoms with Gasteiger partial charge in [-0.3, -0.25) is 9.36 Å². The van der Waals surface area contributed by atoms with E-state index in [-0.39, 0.29) is 5.91 Å². The summed E-state index contributed by atoms with van der Waals surface area (Å²) < 4.78 is 7.62. The van der Waals surface area contributed by atoms with Crippen LogP contribution in [0.25, 0.3) is 5.69 Å². The highest BCUT2D eigenvalue weighted by Gasteiger charge is 2.35.